The molecule has 28 heavy (non-hydrogen) atoms. The van der Waals surface area contributed by atoms with Crippen molar-refractivity contribution in [3.8, 4) is 0 Å². The summed E-state index contributed by atoms with van der Waals surface area (Å²) in [6.07, 6.45) is 1.56. The largest absolute Gasteiger partial charge is 0.493 e. The maximum absolute atomic E-state index is 11.5. The lowest BCUT2D eigenvalue weighted by atomic mass is 9.76. The highest BCUT2D eigenvalue weighted by atomic mass is 16.6. The van der Waals surface area contributed by atoms with Gasteiger partial charge in [0.2, 0.25) is 0 Å². The second-order valence-corrected chi connectivity index (χ2v) is 9.17. The Morgan fingerprint density at radius 2 is 1.71 bits per heavy atom. The molecule has 0 aromatic heterocycles. The molecule has 1 amide bonds. The molecule has 156 valence electrons. The van der Waals surface area contributed by atoms with Crippen LogP contribution in [0.15, 0.2) is 24.3 Å². The standard InChI is InChI=1S/C21H35BN2O4/c1-20(2,3)28-19(25)24-13-7-6-12-23-14-17-8-10-18(11-9-17)22-26-15-21(4,5)16-27-22/h8-11,23H,6-7,12-16H2,1-5H3,(H,24,25). The van der Waals surface area contributed by atoms with Crippen LogP contribution in [0.1, 0.15) is 53.0 Å². The van der Waals surface area contributed by atoms with Crippen LogP contribution in [0, 0.1) is 5.41 Å². The van der Waals surface area contributed by atoms with Crippen molar-refractivity contribution in [1.82, 2.24) is 10.6 Å². The van der Waals surface area contributed by atoms with Gasteiger partial charge < -0.3 is 24.7 Å². The Morgan fingerprint density at radius 1 is 1.11 bits per heavy atom. The monoisotopic (exact) mass is 390 g/mol. The molecule has 7 heteroatoms. The summed E-state index contributed by atoms with van der Waals surface area (Å²) in [6.45, 7) is 13.6. The zero-order valence-corrected chi connectivity index (χ0v) is 18.0. The number of alkyl carbamates (subject to hydrolysis) is 1. The molecule has 0 spiro atoms. The second kappa shape index (κ2) is 10.3. The van der Waals surface area contributed by atoms with Crippen LogP contribution in [-0.2, 0) is 20.6 Å². The molecular weight excluding hydrogens is 355 g/mol. The van der Waals surface area contributed by atoms with Gasteiger partial charge in [-0.2, -0.15) is 0 Å². The Bertz CT molecular complexity index is 604. The van der Waals surface area contributed by atoms with E-state index in [1.165, 1.54) is 5.56 Å². The van der Waals surface area contributed by atoms with Gasteiger partial charge in [-0.15, -0.1) is 0 Å². The summed E-state index contributed by atoms with van der Waals surface area (Å²) in [6, 6.07) is 8.37. The highest BCUT2D eigenvalue weighted by Crippen LogP contribution is 2.21. The van der Waals surface area contributed by atoms with Crippen molar-refractivity contribution in [2.45, 2.75) is 59.6 Å². The number of benzene rings is 1. The topological polar surface area (TPSA) is 68.8 Å². The first-order valence-corrected chi connectivity index (χ1v) is 10.1. The van der Waals surface area contributed by atoms with Crippen LogP contribution < -0.4 is 16.1 Å². The lowest BCUT2D eigenvalue weighted by Crippen LogP contribution is -2.47. The predicted octanol–water partition coefficient (Wildman–Crippen LogP) is 2.85. The van der Waals surface area contributed by atoms with Gasteiger partial charge in [0.15, 0.2) is 0 Å². The zero-order valence-electron chi connectivity index (χ0n) is 18.0. The third-order valence-corrected chi connectivity index (χ3v) is 4.28. The summed E-state index contributed by atoms with van der Waals surface area (Å²) >= 11 is 0. The van der Waals surface area contributed by atoms with Gasteiger partial charge in [0.25, 0.3) is 0 Å². The Labute approximate surface area is 169 Å². The van der Waals surface area contributed by atoms with Gasteiger partial charge in [-0.3, -0.25) is 0 Å². The van der Waals surface area contributed by atoms with Crippen LogP contribution >= 0.6 is 0 Å². The number of hydrogen-bond donors (Lipinski definition) is 2. The van der Waals surface area contributed by atoms with Gasteiger partial charge in [0.1, 0.15) is 5.60 Å². The minimum atomic E-state index is -0.451. The average molecular weight is 390 g/mol. The SMILES string of the molecule is CC1(C)COB(c2ccc(CNCCCCNC(=O)OC(C)(C)C)cc2)OC1. The minimum absolute atomic E-state index is 0.0861. The maximum Gasteiger partial charge on any atom is 0.493 e. The number of hydrogen-bond acceptors (Lipinski definition) is 5. The molecule has 0 unspecified atom stereocenters. The summed E-state index contributed by atoms with van der Waals surface area (Å²) in [7, 11) is -0.257. The predicted molar refractivity (Wildman–Crippen MR) is 113 cm³/mol. The molecule has 1 aromatic rings. The van der Waals surface area contributed by atoms with Crippen LogP contribution in [0.25, 0.3) is 0 Å². The van der Waals surface area contributed by atoms with E-state index in [-0.39, 0.29) is 18.6 Å². The smallest absolute Gasteiger partial charge is 0.444 e. The average Bonchev–Trinajstić information content (AvgIpc) is 2.60. The number of rotatable bonds is 8. The Balaban J connectivity index is 1.57. The van der Waals surface area contributed by atoms with Crippen molar-refractivity contribution in [2.75, 3.05) is 26.3 Å². The molecule has 1 aliphatic rings. The van der Waals surface area contributed by atoms with Crippen LogP contribution in [0.5, 0.6) is 0 Å². The van der Waals surface area contributed by atoms with E-state index in [9.17, 15) is 4.79 Å². The van der Waals surface area contributed by atoms with Gasteiger partial charge in [0, 0.05) is 31.7 Å². The van der Waals surface area contributed by atoms with Crippen molar-refractivity contribution in [3.05, 3.63) is 29.8 Å². The molecule has 0 bridgehead atoms. The molecular formula is C21H35BN2O4. The summed E-state index contributed by atoms with van der Waals surface area (Å²) in [5.41, 5.74) is 1.93. The lowest BCUT2D eigenvalue weighted by Gasteiger charge is -2.33. The molecule has 1 fully saturated rings. The summed E-state index contributed by atoms with van der Waals surface area (Å²) in [4.78, 5) is 11.5. The normalized spacial score (nSPS) is 16.7. The minimum Gasteiger partial charge on any atom is -0.444 e. The third kappa shape index (κ3) is 8.63. The molecule has 2 rings (SSSR count). The number of amides is 1. The Hall–Kier alpha value is -1.57. The molecule has 0 radical (unpaired) electrons. The number of unbranched alkanes of at least 4 members (excludes halogenated alkanes) is 1. The van der Waals surface area contributed by atoms with Gasteiger partial charge >= 0.3 is 13.2 Å². The first-order chi connectivity index (χ1) is 13.1. The van der Waals surface area contributed by atoms with E-state index in [0.717, 1.165) is 31.4 Å². The van der Waals surface area contributed by atoms with Gasteiger partial charge in [0.05, 0.1) is 0 Å². The highest BCUT2D eigenvalue weighted by molar-refractivity contribution is 6.61. The van der Waals surface area contributed by atoms with Crippen molar-refractivity contribution < 1.29 is 18.8 Å². The number of nitrogens with one attached hydrogen (secondary N) is 2. The molecule has 0 saturated carbocycles. The Kier molecular flexibility index (Phi) is 8.34. The maximum atomic E-state index is 11.5. The molecule has 0 atom stereocenters. The Morgan fingerprint density at radius 3 is 2.32 bits per heavy atom. The fourth-order valence-electron chi connectivity index (χ4n) is 2.79. The van der Waals surface area contributed by atoms with Crippen LogP contribution in [0.4, 0.5) is 4.79 Å². The fourth-order valence-corrected chi connectivity index (χ4v) is 2.79. The number of ether oxygens (including phenoxy) is 1. The lowest BCUT2D eigenvalue weighted by molar-refractivity contribution is 0.0343. The number of carbonyl (C=O) groups excluding carboxylic acids is 1. The highest BCUT2D eigenvalue weighted by Gasteiger charge is 2.33. The molecule has 1 aromatic carbocycles. The number of carbonyl (C=O) groups is 1. The first kappa shape index (κ1) is 22.7. The van der Waals surface area contributed by atoms with Crippen molar-refractivity contribution >= 4 is 18.7 Å². The van der Waals surface area contributed by atoms with Crippen LogP contribution in [-0.4, -0.2) is 45.1 Å². The zero-order chi connectivity index (χ0) is 20.6. The van der Waals surface area contributed by atoms with Gasteiger partial charge in [-0.05, 0) is 51.2 Å². The molecule has 1 aliphatic heterocycles. The van der Waals surface area contributed by atoms with E-state index in [4.69, 9.17) is 14.0 Å². The van der Waals surface area contributed by atoms with Crippen LogP contribution in [0.2, 0.25) is 0 Å². The fraction of sp³-hybridized carbons (Fsp3) is 0.667. The second-order valence-electron chi connectivity index (χ2n) is 9.17. The van der Waals surface area contributed by atoms with E-state index in [1.54, 1.807) is 0 Å². The van der Waals surface area contributed by atoms with E-state index in [1.807, 2.05) is 20.8 Å². The van der Waals surface area contributed by atoms with Crippen molar-refractivity contribution in [2.24, 2.45) is 5.41 Å². The van der Waals surface area contributed by atoms with E-state index >= 15 is 0 Å². The van der Waals surface area contributed by atoms with E-state index in [2.05, 4.69) is 48.7 Å². The molecule has 0 aliphatic carbocycles. The molecule has 1 heterocycles. The quantitative estimate of drug-likeness (QED) is 0.528. The van der Waals surface area contributed by atoms with E-state index in [0.29, 0.717) is 19.8 Å². The van der Waals surface area contributed by atoms with Crippen molar-refractivity contribution in [1.29, 1.82) is 0 Å². The van der Waals surface area contributed by atoms with Gasteiger partial charge in [-0.25, -0.2) is 4.79 Å². The van der Waals surface area contributed by atoms with Gasteiger partial charge in [-0.1, -0.05) is 38.1 Å². The summed E-state index contributed by atoms with van der Waals surface area (Å²) < 4.78 is 16.8. The van der Waals surface area contributed by atoms with E-state index < -0.39 is 5.60 Å². The third-order valence-electron chi connectivity index (χ3n) is 4.28. The molecule has 6 nitrogen and oxygen atoms in total. The summed E-state index contributed by atoms with van der Waals surface area (Å²) in [5, 5.41) is 6.21. The summed E-state index contributed by atoms with van der Waals surface area (Å²) in [5.74, 6) is 0. The first-order valence-electron chi connectivity index (χ1n) is 10.1. The molecule has 1 saturated heterocycles. The molecule has 2 N–H and O–H groups in total. The van der Waals surface area contributed by atoms with Crippen molar-refractivity contribution in [3.63, 3.8) is 0 Å². The van der Waals surface area contributed by atoms with Crippen LogP contribution in [0.3, 0.4) is 0 Å².